The Bertz CT molecular complexity index is 1000. The molecule has 0 saturated carbocycles. The summed E-state index contributed by atoms with van der Waals surface area (Å²) in [5, 5.41) is 12.7. The molecule has 3 amide bonds. The second-order valence-corrected chi connectivity index (χ2v) is 8.46. The smallest absolute Gasteiger partial charge is 0.324 e. The number of carboxylic acid groups (broad SMARTS) is 1. The molecule has 0 saturated heterocycles. The molecule has 1 aliphatic heterocycles. The summed E-state index contributed by atoms with van der Waals surface area (Å²) in [6.07, 6.45) is 0. The summed E-state index contributed by atoms with van der Waals surface area (Å²) in [7, 11) is 1.50. The Balaban J connectivity index is 2.00. The standard InChI is InChI=1S/C19H18Cl2N4O4S/c1-23-19(29)24-8-15(18(22)28)14-7-12(2-3-16(14)24)25(9-17(26)27)30-13-5-10(20)4-11(21)6-13/h2-7,15H,8-9H2,1H3,(H2,22,28)(H,23,29)(H,26,27). The van der Waals surface area contributed by atoms with E-state index in [1.165, 1.54) is 16.3 Å². The first kappa shape index (κ1) is 22.1. The lowest BCUT2D eigenvalue weighted by atomic mass is 10.0. The molecule has 0 bridgehead atoms. The fraction of sp³-hybridized carbons (Fsp3) is 0.211. The number of nitrogens with one attached hydrogen (secondary N) is 1. The van der Waals surface area contributed by atoms with Crippen LogP contribution in [0, 0.1) is 0 Å². The van der Waals surface area contributed by atoms with E-state index in [9.17, 15) is 19.5 Å². The number of benzene rings is 2. The van der Waals surface area contributed by atoms with E-state index in [4.69, 9.17) is 28.9 Å². The van der Waals surface area contributed by atoms with E-state index in [-0.39, 0.29) is 19.1 Å². The Labute approximate surface area is 187 Å². The fourth-order valence-corrected chi connectivity index (χ4v) is 4.84. The number of anilines is 2. The molecule has 0 spiro atoms. The number of nitrogens with two attached hydrogens (primary N) is 1. The second-order valence-electron chi connectivity index (χ2n) is 6.49. The van der Waals surface area contributed by atoms with Crippen molar-refractivity contribution in [2.45, 2.75) is 10.8 Å². The summed E-state index contributed by atoms with van der Waals surface area (Å²) in [5.41, 5.74) is 7.18. The van der Waals surface area contributed by atoms with Crippen molar-refractivity contribution in [2.75, 3.05) is 29.3 Å². The molecule has 1 atom stereocenters. The molecular formula is C19H18Cl2N4O4S. The molecule has 11 heteroatoms. The Hall–Kier alpha value is -2.62. The molecule has 30 heavy (non-hydrogen) atoms. The number of primary amides is 1. The van der Waals surface area contributed by atoms with E-state index in [0.717, 1.165) is 11.9 Å². The van der Waals surface area contributed by atoms with Crippen LogP contribution < -0.4 is 20.3 Å². The van der Waals surface area contributed by atoms with Gasteiger partial charge in [-0.05, 0) is 53.9 Å². The molecule has 1 heterocycles. The Morgan fingerprint density at radius 2 is 1.90 bits per heavy atom. The van der Waals surface area contributed by atoms with Crippen LogP contribution >= 0.6 is 35.1 Å². The summed E-state index contributed by atoms with van der Waals surface area (Å²) in [4.78, 5) is 37.7. The molecule has 0 fully saturated rings. The molecule has 8 nitrogen and oxygen atoms in total. The van der Waals surface area contributed by atoms with E-state index in [1.54, 1.807) is 36.4 Å². The molecule has 158 valence electrons. The lowest BCUT2D eigenvalue weighted by Gasteiger charge is -2.23. The zero-order valence-corrected chi connectivity index (χ0v) is 18.1. The van der Waals surface area contributed by atoms with Gasteiger partial charge in [0, 0.05) is 39.9 Å². The van der Waals surface area contributed by atoms with Crippen LogP contribution in [0.2, 0.25) is 10.0 Å². The molecule has 0 radical (unpaired) electrons. The fourth-order valence-electron chi connectivity index (χ4n) is 3.18. The average molecular weight is 469 g/mol. The lowest BCUT2D eigenvalue weighted by Crippen LogP contribution is -2.38. The summed E-state index contributed by atoms with van der Waals surface area (Å²) >= 11 is 13.2. The molecule has 1 unspecified atom stereocenters. The van der Waals surface area contributed by atoms with Crippen molar-refractivity contribution in [1.29, 1.82) is 0 Å². The third kappa shape index (κ3) is 4.75. The van der Waals surface area contributed by atoms with Crippen molar-refractivity contribution in [3.05, 3.63) is 52.0 Å². The van der Waals surface area contributed by atoms with Gasteiger partial charge in [0.25, 0.3) is 0 Å². The number of urea groups is 1. The summed E-state index contributed by atoms with van der Waals surface area (Å²) in [6, 6.07) is 9.58. The minimum absolute atomic E-state index is 0.115. The van der Waals surface area contributed by atoms with Crippen molar-refractivity contribution < 1.29 is 19.5 Å². The normalized spacial score (nSPS) is 14.9. The highest BCUT2D eigenvalue weighted by Gasteiger charge is 2.36. The van der Waals surface area contributed by atoms with Crippen LogP contribution in [0.15, 0.2) is 41.3 Å². The number of rotatable bonds is 6. The highest BCUT2D eigenvalue weighted by molar-refractivity contribution is 8.00. The highest BCUT2D eigenvalue weighted by atomic mass is 35.5. The van der Waals surface area contributed by atoms with Crippen LogP contribution in [-0.2, 0) is 9.59 Å². The van der Waals surface area contributed by atoms with Crippen molar-refractivity contribution >= 4 is 64.4 Å². The van der Waals surface area contributed by atoms with Gasteiger partial charge in [-0.2, -0.15) is 0 Å². The predicted molar refractivity (Wildman–Crippen MR) is 117 cm³/mol. The van der Waals surface area contributed by atoms with Gasteiger partial charge < -0.3 is 20.5 Å². The zero-order valence-electron chi connectivity index (χ0n) is 15.8. The van der Waals surface area contributed by atoms with Crippen molar-refractivity contribution in [1.82, 2.24) is 5.32 Å². The third-order valence-corrected chi connectivity index (χ3v) is 5.91. The molecule has 3 rings (SSSR count). The van der Waals surface area contributed by atoms with Gasteiger partial charge in [0.05, 0.1) is 5.92 Å². The molecule has 2 aromatic rings. The number of carboxylic acids is 1. The van der Waals surface area contributed by atoms with Crippen LogP contribution in [0.5, 0.6) is 0 Å². The number of nitrogens with zero attached hydrogens (tertiary/aromatic N) is 2. The predicted octanol–water partition coefficient (Wildman–Crippen LogP) is 3.32. The monoisotopic (exact) mass is 468 g/mol. The van der Waals surface area contributed by atoms with Crippen LogP contribution in [0.25, 0.3) is 0 Å². The van der Waals surface area contributed by atoms with Crippen molar-refractivity contribution in [3.63, 3.8) is 0 Å². The van der Waals surface area contributed by atoms with E-state index < -0.39 is 17.8 Å². The van der Waals surface area contributed by atoms with Gasteiger partial charge in [-0.3, -0.25) is 14.5 Å². The molecule has 2 aromatic carbocycles. The lowest BCUT2D eigenvalue weighted by molar-refractivity contribution is -0.135. The average Bonchev–Trinajstić information content (AvgIpc) is 3.05. The molecule has 4 N–H and O–H groups in total. The van der Waals surface area contributed by atoms with E-state index in [0.29, 0.717) is 31.9 Å². The van der Waals surface area contributed by atoms with Gasteiger partial charge in [-0.15, -0.1) is 0 Å². The van der Waals surface area contributed by atoms with Crippen molar-refractivity contribution in [2.24, 2.45) is 5.73 Å². The first-order valence-electron chi connectivity index (χ1n) is 8.75. The Morgan fingerprint density at radius 3 is 2.47 bits per heavy atom. The minimum atomic E-state index is -1.05. The molecule has 0 aliphatic carbocycles. The van der Waals surface area contributed by atoms with Gasteiger partial charge >= 0.3 is 12.0 Å². The molecule has 0 aromatic heterocycles. The van der Waals surface area contributed by atoms with E-state index >= 15 is 0 Å². The number of halogens is 2. The second kappa shape index (κ2) is 9.03. The third-order valence-electron chi connectivity index (χ3n) is 4.46. The topological polar surface area (TPSA) is 116 Å². The zero-order chi connectivity index (χ0) is 22.0. The van der Waals surface area contributed by atoms with Crippen LogP contribution in [0.1, 0.15) is 11.5 Å². The van der Waals surface area contributed by atoms with Gasteiger partial charge in [0.2, 0.25) is 5.91 Å². The van der Waals surface area contributed by atoms with Crippen molar-refractivity contribution in [3.8, 4) is 0 Å². The summed E-state index contributed by atoms with van der Waals surface area (Å²) in [5.74, 6) is -2.32. The SMILES string of the molecule is CNC(=O)N1CC(C(N)=O)c2cc(N(CC(=O)O)Sc3cc(Cl)cc(Cl)c3)ccc21. The maximum atomic E-state index is 12.2. The number of hydrogen-bond donors (Lipinski definition) is 3. The molecular weight excluding hydrogens is 451 g/mol. The maximum absolute atomic E-state index is 12.2. The van der Waals surface area contributed by atoms with Crippen LogP contribution in [0.4, 0.5) is 16.2 Å². The number of amides is 3. The Kier molecular flexibility index (Phi) is 6.64. The largest absolute Gasteiger partial charge is 0.480 e. The highest BCUT2D eigenvalue weighted by Crippen LogP contribution is 2.41. The van der Waals surface area contributed by atoms with Crippen LogP contribution in [0.3, 0.4) is 0 Å². The van der Waals surface area contributed by atoms with Gasteiger partial charge in [0.1, 0.15) is 6.54 Å². The number of aliphatic carboxylic acids is 1. The van der Waals surface area contributed by atoms with Gasteiger partial charge in [-0.1, -0.05) is 23.2 Å². The van der Waals surface area contributed by atoms with E-state index in [1.807, 2.05) is 0 Å². The minimum Gasteiger partial charge on any atom is -0.480 e. The summed E-state index contributed by atoms with van der Waals surface area (Å²) < 4.78 is 1.53. The number of carbonyl (C=O) groups excluding carboxylic acids is 2. The Morgan fingerprint density at radius 1 is 1.23 bits per heavy atom. The molecule has 1 aliphatic rings. The number of hydrogen-bond acceptors (Lipinski definition) is 5. The van der Waals surface area contributed by atoms with Gasteiger partial charge in [-0.25, -0.2) is 4.79 Å². The van der Waals surface area contributed by atoms with Gasteiger partial charge in [0.15, 0.2) is 0 Å². The first-order valence-corrected chi connectivity index (χ1v) is 10.3. The number of fused-ring (bicyclic) bond motifs is 1. The first-order chi connectivity index (χ1) is 14.2. The number of carbonyl (C=O) groups is 3. The van der Waals surface area contributed by atoms with E-state index in [2.05, 4.69) is 5.32 Å². The quantitative estimate of drug-likeness (QED) is 0.559. The summed E-state index contributed by atoms with van der Waals surface area (Å²) in [6.45, 7) is -0.211. The maximum Gasteiger partial charge on any atom is 0.324 e. The van der Waals surface area contributed by atoms with Crippen LogP contribution in [-0.4, -0.2) is 43.2 Å².